The van der Waals surface area contributed by atoms with Gasteiger partial charge < -0.3 is 14.6 Å². The predicted molar refractivity (Wildman–Crippen MR) is 83.8 cm³/mol. The smallest absolute Gasteiger partial charge is 0.313 e. The number of ether oxygens (including phenoxy) is 2. The van der Waals surface area contributed by atoms with E-state index in [0.29, 0.717) is 11.8 Å². The summed E-state index contributed by atoms with van der Waals surface area (Å²) in [4.78, 5) is 24.2. The summed E-state index contributed by atoms with van der Waals surface area (Å²) in [5.41, 5.74) is -0.451. The average Bonchev–Trinajstić information content (AvgIpc) is 3.07. The Labute approximate surface area is 137 Å². The summed E-state index contributed by atoms with van der Waals surface area (Å²) in [6, 6.07) is 0. The van der Waals surface area contributed by atoms with Gasteiger partial charge in [0.2, 0.25) is 0 Å². The lowest BCUT2D eigenvalue weighted by Crippen LogP contribution is -2.44. The fourth-order valence-corrected chi connectivity index (χ4v) is 4.62. The van der Waals surface area contributed by atoms with Crippen LogP contribution in [0.1, 0.15) is 59.3 Å². The van der Waals surface area contributed by atoms with E-state index in [9.17, 15) is 14.7 Å². The third-order valence-corrected chi connectivity index (χ3v) is 6.21. The lowest BCUT2D eigenvalue weighted by Gasteiger charge is -2.39. The molecule has 5 nitrogen and oxygen atoms in total. The molecule has 23 heavy (non-hydrogen) atoms. The van der Waals surface area contributed by atoms with E-state index in [1.165, 1.54) is 0 Å². The summed E-state index contributed by atoms with van der Waals surface area (Å²) in [5, 5.41) is 9.43. The molecule has 130 valence electrons. The highest BCUT2D eigenvalue weighted by Gasteiger charge is 2.57. The second-order valence-electron chi connectivity index (χ2n) is 8.13. The van der Waals surface area contributed by atoms with Crippen LogP contribution >= 0.6 is 0 Å². The maximum atomic E-state index is 12.7. The van der Waals surface area contributed by atoms with Gasteiger partial charge in [-0.3, -0.25) is 9.59 Å². The molecule has 3 rings (SSSR count). The third-order valence-electron chi connectivity index (χ3n) is 6.21. The molecular formula is C18H28O5. The number of carboxylic acids is 1. The highest BCUT2D eigenvalue weighted by molar-refractivity contribution is 5.83. The van der Waals surface area contributed by atoms with Gasteiger partial charge >= 0.3 is 11.9 Å². The van der Waals surface area contributed by atoms with Gasteiger partial charge in [0.25, 0.3) is 0 Å². The quantitative estimate of drug-likeness (QED) is 0.805. The van der Waals surface area contributed by atoms with E-state index in [0.717, 1.165) is 38.5 Å². The van der Waals surface area contributed by atoms with E-state index in [2.05, 4.69) is 13.8 Å². The minimum absolute atomic E-state index is 0.274. The lowest BCUT2D eigenvalue weighted by molar-refractivity contribution is -0.173. The maximum absolute atomic E-state index is 12.7. The van der Waals surface area contributed by atoms with Crippen molar-refractivity contribution in [1.29, 1.82) is 0 Å². The molecular weight excluding hydrogens is 296 g/mol. The molecule has 1 N–H and O–H groups in total. The molecule has 0 spiro atoms. The van der Waals surface area contributed by atoms with Crippen molar-refractivity contribution in [2.24, 2.45) is 23.7 Å². The van der Waals surface area contributed by atoms with Gasteiger partial charge in [-0.25, -0.2) is 0 Å². The monoisotopic (exact) mass is 324 g/mol. The first-order valence-corrected chi connectivity index (χ1v) is 8.92. The minimum Gasteiger partial charge on any atom is -0.481 e. The molecule has 0 aromatic rings. The second-order valence-corrected chi connectivity index (χ2v) is 8.13. The molecule has 0 aromatic heterocycles. The largest absolute Gasteiger partial charge is 0.481 e. The summed E-state index contributed by atoms with van der Waals surface area (Å²) >= 11 is 0. The third kappa shape index (κ3) is 3.12. The first kappa shape index (κ1) is 16.7. The maximum Gasteiger partial charge on any atom is 0.313 e. The Morgan fingerprint density at radius 3 is 2.17 bits per heavy atom. The molecule has 1 aliphatic carbocycles. The first-order valence-electron chi connectivity index (χ1n) is 8.92. The van der Waals surface area contributed by atoms with Gasteiger partial charge in [0.15, 0.2) is 0 Å². The standard InChI is InChI=1S/C18H28O5/c1-10(2)11-6-8-18(3,9-7-11)23-17(21)15-13-5-4-12(22-13)14(15)16(19)20/h10-15H,4-9H2,1-3H3,(H,19,20). The summed E-state index contributed by atoms with van der Waals surface area (Å²) < 4.78 is 11.5. The van der Waals surface area contributed by atoms with Gasteiger partial charge in [0, 0.05) is 0 Å². The van der Waals surface area contributed by atoms with Crippen LogP contribution in [0.5, 0.6) is 0 Å². The number of hydrogen-bond donors (Lipinski definition) is 1. The molecule has 4 atom stereocenters. The highest BCUT2D eigenvalue weighted by Crippen LogP contribution is 2.46. The van der Waals surface area contributed by atoms with Crippen LogP contribution in [0.25, 0.3) is 0 Å². The van der Waals surface area contributed by atoms with Gasteiger partial charge in [-0.1, -0.05) is 13.8 Å². The van der Waals surface area contributed by atoms with Crippen LogP contribution in [0, 0.1) is 23.7 Å². The fraction of sp³-hybridized carbons (Fsp3) is 0.889. The zero-order valence-corrected chi connectivity index (χ0v) is 14.3. The Hall–Kier alpha value is -1.10. The van der Waals surface area contributed by atoms with Crippen LogP contribution in [0.3, 0.4) is 0 Å². The number of aliphatic carboxylic acids is 1. The Balaban J connectivity index is 1.64. The molecule has 5 heteroatoms. The predicted octanol–water partition coefficient (Wildman–Crippen LogP) is 3.01. The van der Waals surface area contributed by atoms with Crippen LogP contribution in [-0.2, 0) is 19.1 Å². The number of hydrogen-bond acceptors (Lipinski definition) is 4. The fourth-order valence-electron chi connectivity index (χ4n) is 4.62. The number of carbonyl (C=O) groups is 2. The molecule has 3 fully saturated rings. The van der Waals surface area contributed by atoms with E-state index in [-0.39, 0.29) is 18.2 Å². The van der Waals surface area contributed by atoms with Crippen molar-refractivity contribution in [3.8, 4) is 0 Å². The van der Waals surface area contributed by atoms with Crippen molar-refractivity contribution in [1.82, 2.24) is 0 Å². The average molecular weight is 324 g/mol. The van der Waals surface area contributed by atoms with Crippen molar-refractivity contribution < 1.29 is 24.2 Å². The Morgan fingerprint density at radius 2 is 1.65 bits per heavy atom. The van der Waals surface area contributed by atoms with Gasteiger partial charge in [0.05, 0.1) is 24.0 Å². The van der Waals surface area contributed by atoms with Gasteiger partial charge in [0.1, 0.15) is 5.60 Å². The molecule has 2 heterocycles. The molecule has 1 saturated carbocycles. The molecule has 0 amide bonds. The topological polar surface area (TPSA) is 72.8 Å². The number of fused-ring (bicyclic) bond motifs is 2. The van der Waals surface area contributed by atoms with Crippen molar-refractivity contribution in [3.05, 3.63) is 0 Å². The molecule has 2 bridgehead atoms. The summed E-state index contributed by atoms with van der Waals surface area (Å²) in [6.07, 6.45) is 4.76. The lowest BCUT2D eigenvalue weighted by atomic mass is 9.75. The highest BCUT2D eigenvalue weighted by atomic mass is 16.6. The summed E-state index contributed by atoms with van der Waals surface area (Å²) in [5.74, 6) is -1.32. The molecule has 2 aliphatic heterocycles. The van der Waals surface area contributed by atoms with Crippen molar-refractivity contribution >= 4 is 11.9 Å². The second kappa shape index (κ2) is 6.08. The van der Waals surface area contributed by atoms with Gasteiger partial charge in [-0.15, -0.1) is 0 Å². The number of rotatable bonds is 4. The Morgan fingerprint density at radius 1 is 1.09 bits per heavy atom. The van der Waals surface area contributed by atoms with Crippen LogP contribution in [-0.4, -0.2) is 34.9 Å². The van der Waals surface area contributed by atoms with Crippen LogP contribution in [0.15, 0.2) is 0 Å². The van der Waals surface area contributed by atoms with E-state index in [4.69, 9.17) is 9.47 Å². The number of carboxylic acid groups (broad SMARTS) is 1. The van der Waals surface area contributed by atoms with E-state index < -0.39 is 23.4 Å². The minimum atomic E-state index is -0.937. The molecule has 0 aromatic carbocycles. The van der Waals surface area contributed by atoms with Crippen LogP contribution in [0.4, 0.5) is 0 Å². The van der Waals surface area contributed by atoms with E-state index in [1.807, 2.05) is 6.92 Å². The molecule has 0 radical (unpaired) electrons. The first-order chi connectivity index (χ1) is 10.8. The van der Waals surface area contributed by atoms with E-state index >= 15 is 0 Å². The van der Waals surface area contributed by atoms with Crippen molar-refractivity contribution in [2.45, 2.75) is 77.1 Å². The van der Waals surface area contributed by atoms with Gasteiger partial charge in [-0.2, -0.15) is 0 Å². The van der Waals surface area contributed by atoms with Gasteiger partial charge in [-0.05, 0) is 57.3 Å². The molecule has 3 aliphatic rings. The number of esters is 1. The SMILES string of the molecule is CC(C)C1CCC(C)(OC(=O)C2C3CCC(O3)C2C(=O)O)CC1. The van der Waals surface area contributed by atoms with E-state index in [1.54, 1.807) is 0 Å². The van der Waals surface area contributed by atoms with Crippen LogP contribution < -0.4 is 0 Å². The van der Waals surface area contributed by atoms with Crippen molar-refractivity contribution in [2.75, 3.05) is 0 Å². The summed E-state index contributed by atoms with van der Waals surface area (Å²) in [6.45, 7) is 6.47. The number of carbonyl (C=O) groups excluding carboxylic acids is 1. The summed E-state index contributed by atoms with van der Waals surface area (Å²) in [7, 11) is 0. The Bertz CT molecular complexity index is 478. The Kier molecular flexibility index (Phi) is 4.43. The van der Waals surface area contributed by atoms with Crippen molar-refractivity contribution in [3.63, 3.8) is 0 Å². The molecule has 4 unspecified atom stereocenters. The zero-order chi connectivity index (χ0) is 16.8. The normalized spacial score (nSPS) is 42.9. The zero-order valence-electron chi connectivity index (χ0n) is 14.3. The van der Waals surface area contributed by atoms with Crippen LogP contribution in [0.2, 0.25) is 0 Å². The molecule has 2 saturated heterocycles.